The minimum absolute atomic E-state index is 0.143. The van der Waals surface area contributed by atoms with Crippen molar-refractivity contribution in [3.05, 3.63) is 57.6 Å². The average molecular weight is 300 g/mol. The van der Waals surface area contributed by atoms with Gasteiger partial charge in [0.2, 0.25) is 0 Å². The minimum atomic E-state index is -0.143. The Bertz CT molecular complexity index is 770. The van der Waals surface area contributed by atoms with E-state index in [1.54, 1.807) is 12.1 Å². The number of halogens is 1. The summed E-state index contributed by atoms with van der Waals surface area (Å²) in [4.78, 5) is 12.1. The Morgan fingerprint density at radius 1 is 1.14 bits per heavy atom. The Kier molecular flexibility index (Phi) is 3.22. The normalized spacial score (nSPS) is 15.2. The minimum Gasteiger partial charge on any atom is -0.507 e. The summed E-state index contributed by atoms with van der Waals surface area (Å²) in [5, 5.41) is 13.2. The van der Waals surface area contributed by atoms with Crippen LogP contribution in [0.4, 0.5) is 5.69 Å². The van der Waals surface area contributed by atoms with Crippen molar-refractivity contribution in [3.8, 4) is 5.75 Å². The Morgan fingerprint density at radius 2 is 1.81 bits per heavy atom. The second-order valence-corrected chi connectivity index (χ2v) is 5.64. The van der Waals surface area contributed by atoms with E-state index >= 15 is 0 Å². The van der Waals surface area contributed by atoms with E-state index in [1.165, 1.54) is 0 Å². The molecule has 0 radical (unpaired) electrons. The third kappa shape index (κ3) is 2.41. The van der Waals surface area contributed by atoms with Gasteiger partial charge in [-0.15, -0.1) is 0 Å². The van der Waals surface area contributed by atoms with Crippen molar-refractivity contribution in [2.45, 2.75) is 13.8 Å². The highest BCUT2D eigenvalue weighted by Crippen LogP contribution is 2.35. The zero-order valence-electron chi connectivity index (χ0n) is 11.7. The molecule has 0 bridgehead atoms. The molecule has 1 aliphatic heterocycles. The van der Waals surface area contributed by atoms with Gasteiger partial charge in [-0.25, -0.2) is 0 Å². The number of nitrogens with one attached hydrogen (secondary N) is 1. The molecule has 0 aliphatic carbocycles. The van der Waals surface area contributed by atoms with Crippen molar-refractivity contribution in [1.82, 2.24) is 0 Å². The van der Waals surface area contributed by atoms with Crippen LogP contribution >= 0.6 is 11.6 Å². The van der Waals surface area contributed by atoms with E-state index in [9.17, 15) is 9.90 Å². The fraction of sp³-hybridized carbons (Fsp3) is 0.118. The molecule has 1 aliphatic rings. The van der Waals surface area contributed by atoms with Crippen LogP contribution in [0.1, 0.15) is 22.3 Å². The Morgan fingerprint density at radius 3 is 2.48 bits per heavy atom. The molecule has 2 aromatic rings. The van der Waals surface area contributed by atoms with Crippen LogP contribution in [0.2, 0.25) is 5.02 Å². The molecule has 4 heteroatoms. The van der Waals surface area contributed by atoms with Gasteiger partial charge in [-0.05, 0) is 60.9 Å². The summed E-state index contributed by atoms with van der Waals surface area (Å²) in [6.07, 6.45) is 1.83. The van der Waals surface area contributed by atoms with Crippen LogP contribution in [0.3, 0.4) is 0 Å². The summed E-state index contributed by atoms with van der Waals surface area (Å²) in [6.45, 7) is 3.68. The number of carbonyl (C=O) groups is 1. The molecule has 0 saturated heterocycles. The Balaban J connectivity index is 2.11. The van der Waals surface area contributed by atoms with Crippen LogP contribution in [0.5, 0.6) is 5.75 Å². The van der Waals surface area contributed by atoms with E-state index in [0.717, 1.165) is 27.9 Å². The summed E-state index contributed by atoms with van der Waals surface area (Å²) >= 11 is 5.94. The van der Waals surface area contributed by atoms with Crippen LogP contribution in [-0.2, 0) is 4.79 Å². The summed E-state index contributed by atoms with van der Waals surface area (Å²) < 4.78 is 0. The number of amides is 1. The van der Waals surface area contributed by atoms with Gasteiger partial charge in [-0.2, -0.15) is 0 Å². The van der Waals surface area contributed by atoms with E-state index in [-0.39, 0.29) is 5.91 Å². The molecular weight excluding hydrogens is 286 g/mol. The molecule has 0 unspecified atom stereocenters. The maximum Gasteiger partial charge on any atom is 0.256 e. The molecule has 2 N–H and O–H groups in total. The van der Waals surface area contributed by atoms with Crippen molar-refractivity contribution >= 4 is 34.8 Å². The lowest BCUT2D eigenvalue weighted by Crippen LogP contribution is -2.03. The highest BCUT2D eigenvalue weighted by molar-refractivity contribution is 6.36. The number of benzene rings is 2. The summed E-state index contributed by atoms with van der Waals surface area (Å²) in [5.41, 5.74) is 4.63. The van der Waals surface area contributed by atoms with Crippen molar-refractivity contribution in [1.29, 1.82) is 0 Å². The van der Waals surface area contributed by atoms with Gasteiger partial charge in [-0.1, -0.05) is 17.7 Å². The zero-order valence-corrected chi connectivity index (χ0v) is 12.5. The molecule has 3 rings (SSSR count). The first-order valence-corrected chi connectivity index (χ1v) is 6.96. The first kappa shape index (κ1) is 13.7. The SMILES string of the molecule is Cc1cc(/C=C2/C(=O)Nc3cc(Cl)ccc32)cc(C)c1O. The number of hydrogen-bond acceptors (Lipinski definition) is 2. The van der Waals surface area contributed by atoms with E-state index in [2.05, 4.69) is 5.32 Å². The van der Waals surface area contributed by atoms with Crippen molar-refractivity contribution in [3.63, 3.8) is 0 Å². The summed E-state index contributed by atoms with van der Waals surface area (Å²) in [7, 11) is 0. The molecule has 0 saturated carbocycles. The highest BCUT2D eigenvalue weighted by atomic mass is 35.5. The van der Waals surface area contributed by atoms with Crippen molar-refractivity contribution < 1.29 is 9.90 Å². The number of rotatable bonds is 1. The van der Waals surface area contributed by atoms with Crippen molar-refractivity contribution in [2.75, 3.05) is 5.32 Å². The van der Waals surface area contributed by atoms with Gasteiger partial charge < -0.3 is 10.4 Å². The number of fused-ring (bicyclic) bond motifs is 1. The average Bonchev–Trinajstić information content (AvgIpc) is 2.71. The molecule has 0 atom stereocenters. The molecule has 1 heterocycles. The molecule has 0 spiro atoms. The lowest BCUT2D eigenvalue weighted by molar-refractivity contribution is -0.110. The number of aryl methyl sites for hydroxylation is 2. The number of carbonyl (C=O) groups excluding carboxylic acids is 1. The molecule has 3 nitrogen and oxygen atoms in total. The number of phenolic OH excluding ortho intramolecular Hbond substituents is 1. The number of hydrogen-bond donors (Lipinski definition) is 2. The van der Waals surface area contributed by atoms with Gasteiger partial charge in [0.1, 0.15) is 5.75 Å². The molecule has 21 heavy (non-hydrogen) atoms. The van der Waals surface area contributed by atoms with Crippen molar-refractivity contribution in [2.24, 2.45) is 0 Å². The standard InChI is InChI=1S/C17H14ClNO2/c1-9-5-11(6-10(2)16(9)20)7-14-13-4-3-12(18)8-15(13)19-17(14)21/h3-8,20H,1-2H3,(H,19,21)/b14-7+. The van der Waals surface area contributed by atoms with Gasteiger partial charge in [0.15, 0.2) is 0 Å². The second kappa shape index (κ2) is 4.93. The smallest absolute Gasteiger partial charge is 0.256 e. The van der Waals surface area contributed by atoms with Crippen LogP contribution in [-0.4, -0.2) is 11.0 Å². The van der Waals surface area contributed by atoms with Crippen LogP contribution in [0.25, 0.3) is 11.6 Å². The zero-order chi connectivity index (χ0) is 15.1. The highest BCUT2D eigenvalue weighted by Gasteiger charge is 2.24. The largest absolute Gasteiger partial charge is 0.507 e. The quantitative estimate of drug-likeness (QED) is 0.777. The first-order valence-electron chi connectivity index (χ1n) is 6.59. The van der Waals surface area contributed by atoms with Gasteiger partial charge >= 0.3 is 0 Å². The fourth-order valence-corrected chi connectivity index (χ4v) is 2.72. The predicted molar refractivity (Wildman–Crippen MR) is 85.5 cm³/mol. The maximum atomic E-state index is 12.1. The molecule has 0 fully saturated rings. The fourth-order valence-electron chi connectivity index (χ4n) is 2.55. The number of phenols is 1. The molecule has 0 aromatic heterocycles. The van der Waals surface area contributed by atoms with E-state index in [4.69, 9.17) is 11.6 Å². The molecule has 1 amide bonds. The molecule has 106 valence electrons. The number of anilines is 1. The van der Waals surface area contributed by atoms with Gasteiger partial charge in [0, 0.05) is 16.2 Å². The van der Waals surface area contributed by atoms with Crippen LogP contribution < -0.4 is 5.32 Å². The van der Waals surface area contributed by atoms with E-state index in [1.807, 2.05) is 38.1 Å². The lowest BCUT2D eigenvalue weighted by atomic mass is 10.0. The number of aromatic hydroxyl groups is 1. The monoisotopic (exact) mass is 299 g/mol. The van der Waals surface area contributed by atoms with Crippen LogP contribution in [0.15, 0.2) is 30.3 Å². The first-order chi connectivity index (χ1) is 9.95. The van der Waals surface area contributed by atoms with Gasteiger partial charge in [0.05, 0.1) is 5.69 Å². The van der Waals surface area contributed by atoms with Crippen LogP contribution in [0, 0.1) is 13.8 Å². The van der Waals surface area contributed by atoms with Gasteiger partial charge in [-0.3, -0.25) is 4.79 Å². The predicted octanol–water partition coefficient (Wildman–Crippen LogP) is 4.16. The topological polar surface area (TPSA) is 49.3 Å². The maximum absolute atomic E-state index is 12.1. The molecule has 2 aromatic carbocycles. The second-order valence-electron chi connectivity index (χ2n) is 5.21. The third-order valence-electron chi connectivity index (χ3n) is 3.59. The summed E-state index contributed by atoms with van der Waals surface area (Å²) in [5.74, 6) is 0.149. The Hall–Kier alpha value is -2.26. The molecular formula is C17H14ClNO2. The third-order valence-corrected chi connectivity index (χ3v) is 3.82. The van der Waals surface area contributed by atoms with E-state index < -0.39 is 0 Å². The lowest BCUT2D eigenvalue weighted by Gasteiger charge is -2.05. The Labute approximate surface area is 127 Å². The van der Waals surface area contributed by atoms with E-state index in [0.29, 0.717) is 16.3 Å². The van der Waals surface area contributed by atoms with Gasteiger partial charge in [0.25, 0.3) is 5.91 Å². The summed E-state index contributed by atoms with van der Waals surface area (Å²) in [6, 6.07) is 9.05.